The molecule has 0 spiro atoms. The maximum Gasteiger partial charge on any atom is 0.142 e. The number of aliphatic hydroxyl groups excluding tert-OH is 1. The van der Waals surface area contributed by atoms with E-state index in [0.717, 1.165) is 22.3 Å². The van der Waals surface area contributed by atoms with Crippen LogP contribution in [0.15, 0.2) is 30.3 Å². The highest BCUT2D eigenvalue weighted by Gasteiger charge is 2.17. The van der Waals surface area contributed by atoms with Crippen LogP contribution < -0.4 is 0 Å². The fraction of sp³-hybridized carbons (Fsp3) is 0.250. The second kappa shape index (κ2) is 5.32. The molecule has 0 aromatic heterocycles. The number of halogens is 2. The first-order valence-corrected chi connectivity index (χ1v) is 6.48. The third kappa shape index (κ3) is 2.80. The molecule has 1 unspecified atom stereocenters. The second-order valence-electron chi connectivity index (χ2n) is 4.89. The Balaban J connectivity index is 2.49. The molecule has 0 saturated heterocycles. The monoisotopic (exact) mass is 278 g/mol. The molecule has 1 N–H and O–H groups in total. The molecule has 100 valence electrons. The zero-order valence-corrected chi connectivity index (χ0v) is 11.9. The first-order chi connectivity index (χ1) is 8.90. The predicted octanol–water partition coefficient (Wildman–Crippen LogP) is 4.49. The van der Waals surface area contributed by atoms with Crippen molar-refractivity contribution < 1.29 is 9.50 Å². The Morgan fingerprint density at radius 3 is 2.16 bits per heavy atom. The molecule has 2 aromatic rings. The van der Waals surface area contributed by atoms with Gasteiger partial charge in [0.1, 0.15) is 11.9 Å². The molecule has 0 aliphatic heterocycles. The van der Waals surface area contributed by atoms with Gasteiger partial charge in [-0.15, -0.1) is 0 Å². The second-order valence-corrected chi connectivity index (χ2v) is 5.30. The van der Waals surface area contributed by atoms with E-state index < -0.39 is 11.9 Å². The fourth-order valence-corrected chi connectivity index (χ4v) is 2.59. The van der Waals surface area contributed by atoms with E-state index in [4.69, 9.17) is 11.6 Å². The van der Waals surface area contributed by atoms with Crippen LogP contribution in [0.4, 0.5) is 4.39 Å². The summed E-state index contributed by atoms with van der Waals surface area (Å²) in [5.74, 6) is -0.513. The molecule has 0 aliphatic carbocycles. The van der Waals surface area contributed by atoms with Gasteiger partial charge in [0.25, 0.3) is 0 Å². The van der Waals surface area contributed by atoms with Gasteiger partial charge in [-0.2, -0.15) is 0 Å². The van der Waals surface area contributed by atoms with Gasteiger partial charge < -0.3 is 5.11 Å². The van der Waals surface area contributed by atoms with Gasteiger partial charge in [-0.3, -0.25) is 0 Å². The van der Waals surface area contributed by atoms with Crippen molar-refractivity contribution in [1.29, 1.82) is 0 Å². The number of aryl methyl sites for hydroxylation is 3. The Morgan fingerprint density at radius 1 is 1.05 bits per heavy atom. The Bertz CT molecular complexity index is 599. The van der Waals surface area contributed by atoms with Crippen molar-refractivity contribution in [2.75, 3.05) is 0 Å². The van der Waals surface area contributed by atoms with Crippen molar-refractivity contribution >= 4 is 11.6 Å². The van der Waals surface area contributed by atoms with Gasteiger partial charge in [0.05, 0.1) is 5.02 Å². The molecule has 1 atom stereocenters. The average Bonchev–Trinajstić information content (AvgIpc) is 2.31. The SMILES string of the molecule is Cc1cc(C)c(C(O)c2ccc(Cl)c(F)c2)c(C)c1. The lowest BCUT2D eigenvalue weighted by Crippen LogP contribution is -2.05. The van der Waals surface area contributed by atoms with E-state index in [9.17, 15) is 9.50 Å². The van der Waals surface area contributed by atoms with Crippen molar-refractivity contribution in [2.45, 2.75) is 26.9 Å². The third-order valence-electron chi connectivity index (χ3n) is 3.27. The Hall–Kier alpha value is -1.38. The van der Waals surface area contributed by atoms with Crippen molar-refractivity contribution in [3.05, 3.63) is 69.0 Å². The summed E-state index contributed by atoms with van der Waals surface area (Å²) in [6.07, 6.45) is -0.840. The molecule has 0 radical (unpaired) electrons. The van der Waals surface area contributed by atoms with Crippen LogP contribution in [-0.2, 0) is 0 Å². The minimum Gasteiger partial charge on any atom is -0.384 e. The maximum atomic E-state index is 13.5. The minimum atomic E-state index is -0.840. The van der Waals surface area contributed by atoms with Crippen LogP contribution in [0.1, 0.15) is 33.9 Å². The molecular weight excluding hydrogens is 263 g/mol. The van der Waals surface area contributed by atoms with Crippen LogP contribution in [0.2, 0.25) is 5.02 Å². The molecule has 0 bridgehead atoms. The first kappa shape index (κ1) is 14.0. The average molecular weight is 279 g/mol. The smallest absolute Gasteiger partial charge is 0.142 e. The molecule has 0 saturated carbocycles. The Kier molecular flexibility index (Phi) is 3.93. The summed E-state index contributed by atoms with van der Waals surface area (Å²) in [6.45, 7) is 5.91. The highest BCUT2D eigenvalue weighted by atomic mass is 35.5. The first-order valence-electron chi connectivity index (χ1n) is 6.11. The van der Waals surface area contributed by atoms with Crippen LogP contribution in [0.3, 0.4) is 0 Å². The summed E-state index contributed by atoms with van der Waals surface area (Å²) in [5.41, 5.74) is 4.48. The van der Waals surface area contributed by atoms with Gasteiger partial charge in [0.2, 0.25) is 0 Å². The maximum absolute atomic E-state index is 13.5. The van der Waals surface area contributed by atoms with Crippen molar-refractivity contribution in [2.24, 2.45) is 0 Å². The molecule has 0 amide bonds. The molecule has 0 fully saturated rings. The normalized spacial score (nSPS) is 12.5. The quantitative estimate of drug-likeness (QED) is 0.858. The van der Waals surface area contributed by atoms with Gasteiger partial charge >= 0.3 is 0 Å². The van der Waals surface area contributed by atoms with Gasteiger partial charge in [0, 0.05) is 0 Å². The van der Waals surface area contributed by atoms with Gasteiger partial charge in [-0.25, -0.2) is 4.39 Å². The molecule has 2 aromatic carbocycles. The summed E-state index contributed by atoms with van der Waals surface area (Å²) in [4.78, 5) is 0. The Morgan fingerprint density at radius 2 is 1.63 bits per heavy atom. The molecule has 2 rings (SSSR count). The number of hydrogen-bond acceptors (Lipinski definition) is 1. The van der Waals surface area contributed by atoms with Crippen molar-refractivity contribution in [3.8, 4) is 0 Å². The van der Waals surface area contributed by atoms with Gasteiger partial charge in [0.15, 0.2) is 0 Å². The summed E-state index contributed by atoms with van der Waals surface area (Å²) in [5, 5.41) is 10.5. The lowest BCUT2D eigenvalue weighted by molar-refractivity contribution is 0.218. The number of hydrogen-bond donors (Lipinski definition) is 1. The zero-order valence-electron chi connectivity index (χ0n) is 11.2. The third-order valence-corrected chi connectivity index (χ3v) is 3.58. The fourth-order valence-electron chi connectivity index (χ4n) is 2.47. The predicted molar refractivity (Wildman–Crippen MR) is 76.1 cm³/mol. The van der Waals surface area contributed by atoms with Crippen LogP contribution in [0.5, 0.6) is 0 Å². The van der Waals surface area contributed by atoms with E-state index in [1.807, 2.05) is 32.9 Å². The van der Waals surface area contributed by atoms with E-state index in [-0.39, 0.29) is 5.02 Å². The molecule has 19 heavy (non-hydrogen) atoms. The summed E-state index contributed by atoms with van der Waals surface area (Å²) in [7, 11) is 0. The zero-order chi connectivity index (χ0) is 14.2. The minimum absolute atomic E-state index is 0.0632. The molecule has 1 nitrogen and oxygen atoms in total. The standard InChI is InChI=1S/C16H16ClFO/c1-9-6-10(2)15(11(3)7-9)16(19)12-4-5-13(17)14(18)8-12/h4-8,16,19H,1-3H3. The molecule has 3 heteroatoms. The lowest BCUT2D eigenvalue weighted by Gasteiger charge is -2.18. The van der Waals surface area contributed by atoms with Gasteiger partial charge in [-0.1, -0.05) is 35.4 Å². The van der Waals surface area contributed by atoms with E-state index in [1.165, 1.54) is 12.1 Å². The van der Waals surface area contributed by atoms with E-state index in [0.29, 0.717) is 5.56 Å². The number of aliphatic hydroxyl groups is 1. The van der Waals surface area contributed by atoms with Crippen molar-refractivity contribution in [3.63, 3.8) is 0 Å². The largest absolute Gasteiger partial charge is 0.384 e. The molecule has 0 heterocycles. The summed E-state index contributed by atoms with van der Waals surface area (Å²) < 4.78 is 13.5. The summed E-state index contributed by atoms with van der Waals surface area (Å²) >= 11 is 5.66. The van der Waals surface area contributed by atoms with Crippen LogP contribution in [0, 0.1) is 26.6 Å². The van der Waals surface area contributed by atoms with E-state index >= 15 is 0 Å². The van der Waals surface area contributed by atoms with Gasteiger partial charge in [-0.05, 0) is 55.2 Å². The summed E-state index contributed by atoms with van der Waals surface area (Å²) in [6, 6.07) is 8.42. The number of benzene rings is 2. The van der Waals surface area contributed by atoms with Crippen molar-refractivity contribution in [1.82, 2.24) is 0 Å². The topological polar surface area (TPSA) is 20.2 Å². The van der Waals surface area contributed by atoms with Crippen LogP contribution in [-0.4, -0.2) is 5.11 Å². The number of rotatable bonds is 2. The highest BCUT2D eigenvalue weighted by Crippen LogP contribution is 2.30. The highest BCUT2D eigenvalue weighted by molar-refractivity contribution is 6.30. The molecule has 0 aliphatic rings. The van der Waals surface area contributed by atoms with Crippen LogP contribution >= 0.6 is 11.6 Å². The van der Waals surface area contributed by atoms with E-state index in [2.05, 4.69) is 0 Å². The lowest BCUT2D eigenvalue weighted by atomic mass is 9.92. The van der Waals surface area contributed by atoms with Crippen LogP contribution in [0.25, 0.3) is 0 Å². The Labute approximate surface area is 117 Å². The molecular formula is C16H16ClFO. The van der Waals surface area contributed by atoms with E-state index in [1.54, 1.807) is 6.07 Å².